The van der Waals surface area contributed by atoms with Gasteiger partial charge >= 0.3 is 6.09 Å². The summed E-state index contributed by atoms with van der Waals surface area (Å²) in [4.78, 5) is 16.0. The first kappa shape index (κ1) is 12.5. The summed E-state index contributed by atoms with van der Waals surface area (Å²) in [6.45, 7) is 5.43. The second-order valence-corrected chi connectivity index (χ2v) is 4.70. The molecule has 0 aromatic heterocycles. The molecule has 4 nitrogen and oxygen atoms in total. The Kier molecular flexibility index (Phi) is 3.29. The first-order valence-corrected chi connectivity index (χ1v) is 6.57. The van der Waals surface area contributed by atoms with Gasteiger partial charge < -0.3 is 9.64 Å². The minimum absolute atomic E-state index is 0.209. The molecule has 0 saturated heterocycles. The zero-order valence-corrected chi connectivity index (χ0v) is 11.2. The zero-order valence-electron chi connectivity index (χ0n) is 11.2. The summed E-state index contributed by atoms with van der Waals surface area (Å²) in [5.41, 5.74) is 3.01. The SMILES string of the molecule is C=CCOC(=O)N1C=C2C=CCN2Cc2ccccc21. The van der Waals surface area contributed by atoms with Crippen LogP contribution in [0.2, 0.25) is 0 Å². The predicted molar refractivity (Wildman–Crippen MR) is 78.1 cm³/mol. The van der Waals surface area contributed by atoms with Gasteiger partial charge in [0.15, 0.2) is 0 Å². The highest BCUT2D eigenvalue weighted by atomic mass is 16.6. The van der Waals surface area contributed by atoms with Gasteiger partial charge in [0.05, 0.1) is 11.4 Å². The van der Waals surface area contributed by atoms with E-state index in [0.29, 0.717) is 0 Å². The molecule has 0 aliphatic carbocycles. The summed E-state index contributed by atoms with van der Waals surface area (Å²) in [5, 5.41) is 0. The fraction of sp³-hybridized carbons (Fsp3) is 0.188. The number of ether oxygens (including phenoxy) is 1. The number of fused-ring (bicyclic) bond motifs is 2. The molecule has 0 radical (unpaired) electrons. The van der Waals surface area contributed by atoms with Crippen molar-refractivity contribution in [3.05, 3.63) is 66.5 Å². The molecule has 1 aromatic carbocycles. The number of amides is 1. The largest absolute Gasteiger partial charge is 0.445 e. The number of hydrogen-bond donors (Lipinski definition) is 0. The van der Waals surface area contributed by atoms with Crippen molar-refractivity contribution in [2.24, 2.45) is 0 Å². The summed E-state index contributed by atoms with van der Waals surface area (Å²) in [5.74, 6) is 0. The lowest BCUT2D eigenvalue weighted by Crippen LogP contribution is -2.27. The van der Waals surface area contributed by atoms with Gasteiger partial charge in [-0.15, -0.1) is 0 Å². The minimum Gasteiger partial charge on any atom is -0.445 e. The predicted octanol–water partition coefficient (Wildman–Crippen LogP) is 3.04. The Morgan fingerprint density at radius 2 is 2.25 bits per heavy atom. The van der Waals surface area contributed by atoms with E-state index in [1.54, 1.807) is 11.0 Å². The molecule has 0 fully saturated rings. The summed E-state index contributed by atoms with van der Waals surface area (Å²) >= 11 is 0. The maximum absolute atomic E-state index is 12.2. The molecule has 2 heterocycles. The summed E-state index contributed by atoms with van der Waals surface area (Å²) in [7, 11) is 0. The van der Waals surface area contributed by atoms with Gasteiger partial charge in [0.1, 0.15) is 6.61 Å². The van der Waals surface area contributed by atoms with Crippen molar-refractivity contribution in [2.75, 3.05) is 18.1 Å². The van der Waals surface area contributed by atoms with Crippen molar-refractivity contribution < 1.29 is 9.53 Å². The molecular weight excluding hydrogens is 252 g/mol. The Bertz CT molecular complexity index is 604. The van der Waals surface area contributed by atoms with E-state index < -0.39 is 0 Å². The van der Waals surface area contributed by atoms with E-state index >= 15 is 0 Å². The van der Waals surface area contributed by atoms with Crippen LogP contribution in [0.5, 0.6) is 0 Å². The van der Waals surface area contributed by atoms with E-state index in [-0.39, 0.29) is 12.7 Å². The lowest BCUT2D eigenvalue weighted by Gasteiger charge is -2.19. The van der Waals surface area contributed by atoms with Gasteiger partial charge in [-0.3, -0.25) is 4.90 Å². The van der Waals surface area contributed by atoms with Crippen molar-refractivity contribution in [1.82, 2.24) is 4.90 Å². The van der Waals surface area contributed by atoms with Crippen molar-refractivity contribution in [3.8, 4) is 0 Å². The molecule has 4 heteroatoms. The second kappa shape index (κ2) is 5.25. The van der Waals surface area contributed by atoms with E-state index in [2.05, 4.69) is 17.6 Å². The topological polar surface area (TPSA) is 32.8 Å². The molecule has 1 amide bonds. The van der Waals surface area contributed by atoms with Crippen LogP contribution in [0, 0.1) is 0 Å². The third-order valence-corrected chi connectivity index (χ3v) is 3.37. The first-order chi connectivity index (χ1) is 9.79. The number of hydrogen-bond acceptors (Lipinski definition) is 3. The number of benzene rings is 1. The van der Waals surface area contributed by atoms with Gasteiger partial charge in [-0.05, 0) is 17.7 Å². The molecule has 3 rings (SSSR count). The second-order valence-electron chi connectivity index (χ2n) is 4.70. The Morgan fingerprint density at radius 3 is 3.10 bits per heavy atom. The molecule has 0 N–H and O–H groups in total. The minimum atomic E-state index is -0.382. The molecule has 0 spiro atoms. The van der Waals surface area contributed by atoms with Gasteiger partial charge in [0.2, 0.25) is 0 Å². The van der Waals surface area contributed by atoms with E-state index in [1.165, 1.54) is 0 Å². The monoisotopic (exact) mass is 268 g/mol. The van der Waals surface area contributed by atoms with Crippen LogP contribution in [0.1, 0.15) is 5.56 Å². The van der Waals surface area contributed by atoms with Gasteiger partial charge in [-0.1, -0.05) is 36.9 Å². The van der Waals surface area contributed by atoms with Gasteiger partial charge in [-0.25, -0.2) is 4.79 Å². The van der Waals surface area contributed by atoms with E-state index in [0.717, 1.165) is 30.0 Å². The molecule has 2 aliphatic heterocycles. The smallest absolute Gasteiger partial charge is 0.418 e. The van der Waals surface area contributed by atoms with Gasteiger partial charge in [-0.2, -0.15) is 0 Å². The molecule has 1 aromatic rings. The van der Waals surface area contributed by atoms with Crippen molar-refractivity contribution >= 4 is 11.8 Å². The molecular formula is C16H16N2O2. The molecule has 0 bridgehead atoms. The highest BCUT2D eigenvalue weighted by Gasteiger charge is 2.25. The van der Waals surface area contributed by atoms with Crippen LogP contribution >= 0.6 is 0 Å². The zero-order chi connectivity index (χ0) is 13.9. The van der Waals surface area contributed by atoms with Gasteiger partial charge in [0, 0.05) is 19.3 Å². The highest BCUT2D eigenvalue weighted by molar-refractivity contribution is 5.91. The number of carbonyl (C=O) groups is 1. The number of rotatable bonds is 2. The average molecular weight is 268 g/mol. The van der Waals surface area contributed by atoms with Crippen LogP contribution in [-0.2, 0) is 11.3 Å². The van der Waals surface area contributed by atoms with Crippen LogP contribution in [0.15, 0.2) is 61.0 Å². The maximum atomic E-state index is 12.2. The summed E-state index contributed by atoms with van der Waals surface area (Å²) < 4.78 is 5.17. The number of anilines is 1. The lowest BCUT2D eigenvalue weighted by molar-refractivity contribution is 0.168. The summed E-state index contributed by atoms with van der Waals surface area (Å²) in [6, 6.07) is 7.89. The van der Waals surface area contributed by atoms with Crippen LogP contribution in [0.3, 0.4) is 0 Å². The fourth-order valence-corrected chi connectivity index (χ4v) is 2.43. The van der Waals surface area contributed by atoms with E-state index in [1.807, 2.05) is 36.5 Å². The van der Waals surface area contributed by atoms with E-state index in [9.17, 15) is 4.79 Å². The summed E-state index contributed by atoms with van der Waals surface area (Å²) in [6.07, 6.45) is 7.14. The maximum Gasteiger partial charge on any atom is 0.418 e. The van der Waals surface area contributed by atoms with Crippen molar-refractivity contribution in [2.45, 2.75) is 6.54 Å². The fourth-order valence-electron chi connectivity index (χ4n) is 2.43. The normalized spacial score (nSPS) is 16.1. The van der Waals surface area contributed by atoms with Crippen LogP contribution < -0.4 is 4.90 Å². The third-order valence-electron chi connectivity index (χ3n) is 3.37. The molecule has 0 unspecified atom stereocenters. The quantitative estimate of drug-likeness (QED) is 0.773. The van der Waals surface area contributed by atoms with Gasteiger partial charge in [0.25, 0.3) is 0 Å². The molecule has 102 valence electrons. The number of allylic oxidation sites excluding steroid dienone is 1. The van der Waals surface area contributed by atoms with Crippen LogP contribution in [0.4, 0.5) is 10.5 Å². The average Bonchev–Trinajstić information content (AvgIpc) is 2.84. The molecule has 0 atom stereocenters. The Hall–Kier alpha value is -2.49. The lowest BCUT2D eigenvalue weighted by atomic mass is 10.1. The van der Waals surface area contributed by atoms with Crippen molar-refractivity contribution in [3.63, 3.8) is 0 Å². The molecule has 2 aliphatic rings. The molecule has 20 heavy (non-hydrogen) atoms. The Labute approximate surface area is 118 Å². The number of carbonyl (C=O) groups excluding carboxylic acids is 1. The van der Waals surface area contributed by atoms with Crippen molar-refractivity contribution in [1.29, 1.82) is 0 Å². The Morgan fingerprint density at radius 1 is 1.40 bits per heavy atom. The standard InChI is InChI=1S/C16H16N2O2/c1-2-10-20-16(19)18-12-14-7-5-9-17(14)11-13-6-3-4-8-15(13)18/h2-8,12H,1,9-11H2. The first-order valence-electron chi connectivity index (χ1n) is 6.57. The number of para-hydroxylation sites is 1. The van der Waals surface area contributed by atoms with Crippen LogP contribution in [-0.4, -0.2) is 24.1 Å². The molecule has 0 saturated carbocycles. The van der Waals surface area contributed by atoms with E-state index in [4.69, 9.17) is 4.74 Å². The highest BCUT2D eigenvalue weighted by Crippen LogP contribution is 2.30. The Balaban J connectivity index is 2.00. The number of nitrogens with zero attached hydrogens (tertiary/aromatic N) is 2. The van der Waals surface area contributed by atoms with Crippen LogP contribution in [0.25, 0.3) is 0 Å². The third kappa shape index (κ3) is 2.20.